The molecule has 0 aliphatic carbocycles. The minimum Gasteiger partial charge on any atom is -0.363 e. The van der Waals surface area contributed by atoms with E-state index in [4.69, 9.17) is 10.3 Å². The monoisotopic (exact) mass is 238 g/mol. The predicted octanol–water partition coefficient (Wildman–Crippen LogP) is 0.446. The first-order chi connectivity index (χ1) is 8.01. The Kier molecular flexibility index (Phi) is 3.15. The molecule has 1 amide bonds. The Bertz CT molecular complexity index is 407. The molecule has 6 heteroatoms. The van der Waals surface area contributed by atoms with Gasteiger partial charge in [0.1, 0.15) is 0 Å². The molecular weight excluding hydrogens is 220 g/mol. The van der Waals surface area contributed by atoms with E-state index in [2.05, 4.69) is 29.3 Å². The summed E-state index contributed by atoms with van der Waals surface area (Å²) in [4.78, 5) is 15.0. The van der Waals surface area contributed by atoms with Crippen molar-refractivity contribution in [2.24, 2.45) is 11.7 Å². The van der Waals surface area contributed by atoms with E-state index in [1.165, 1.54) is 0 Å². The van der Waals surface area contributed by atoms with Crippen molar-refractivity contribution in [2.75, 3.05) is 13.1 Å². The molecule has 0 aromatic carbocycles. The fraction of sp³-hybridized carbons (Fsp3) is 0.727. The average molecular weight is 238 g/mol. The van der Waals surface area contributed by atoms with Gasteiger partial charge in [-0.2, -0.15) is 4.98 Å². The van der Waals surface area contributed by atoms with Crippen molar-refractivity contribution in [1.82, 2.24) is 15.5 Å². The summed E-state index contributed by atoms with van der Waals surface area (Å²) in [5, 5.41) is 6.95. The fourth-order valence-corrected chi connectivity index (χ4v) is 2.23. The van der Waals surface area contributed by atoms with Gasteiger partial charge in [0.15, 0.2) is 0 Å². The highest BCUT2D eigenvalue weighted by Gasteiger charge is 2.37. The molecule has 2 heterocycles. The van der Waals surface area contributed by atoms with E-state index in [-0.39, 0.29) is 11.2 Å². The SMILES string of the molecule is CC(C)(c1nc(C(N)=O)no1)C1CCCNC1. The molecule has 0 spiro atoms. The number of nitrogens with two attached hydrogens (primary N) is 1. The maximum atomic E-state index is 10.9. The maximum Gasteiger partial charge on any atom is 0.290 e. The highest BCUT2D eigenvalue weighted by molar-refractivity contribution is 5.88. The lowest BCUT2D eigenvalue weighted by Gasteiger charge is -2.34. The number of amides is 1. The largest absolute Gasteiger partial charge is 0.363 e. The topological polar surface area (TPSA) is 94.0 Å². The van der Waals surface area contributed by atoms with Gasteiger partial charge in [0, 0.05) is 5.41 Å². The summed E-state index contributed by atoms with van der Waals surface area (Å²) in [5.41, 5.74) is 4.87. The van der Waals surface area contributed by atoms with Crippen molar-refractivity contribution in [2.45, 2.75) is 32.1 Å². The molecule has 1 atom stereocenters. The van der Waals surface area contributed by atoms with Crippen LogP contribution in [0.1, 0.15) is 43.2 Å². The van der Waals surface area contributed by atoms with Crippen molar-refractivity contribution in [1.29, 1.82) is 0 Å². The van der Waals surface area contributed by atoms with Crippen LogP contribution in [-0.4, -0.2) is 29.1 Å². The van der Waals surface area contributed by atoms with Gasteiger partial charge in [0.2, 0.25) is 5.89 Å². The number of carbonyl (C=O) groups is 1. The number of hydrogen-bond donors (Lipinski definition) is 2. The van der Waals surface area contributed by atoms with Crippen LogP contribution in [0.25, 0.3) is 0 Å². The molecule has 1 unspecified atom stereocenters. The van der Waals surface area contributed by atoms with Gasteiger partial charge in [-0.3, -0.25) is 4.79 Å². The molecule has 94 valence electrons. The average Bonchev–Trinajstić information content (AvgIpc) is 2.80. The number of nitrogens with zero attached hydrogens (tertiary/aromatic N) is 2. The molecule has 3 N–H and O–H groups in total. The number of primary amides is 1. The number of rotatable bonds is 3. The summed E-state index contributed by atoms with van der Waals surface area (Å²) >= 11 is 0. The van der Waals surface area contributed by atoms with E-state index in [0.717, 1.165) is 25.9 Å². The quantitative estimate of drug-likeness (QED) is 0.797. The predicted molar refractivity (Wildman–Crippen MR) is 61.4 cm³/mol. The highest BCUT2D eigenvalue weighted by atomic mass is 16.5. The molecule has 1 fully saturated rings. The van der Waals surface area contributed by atoms with Gasteiger partial charge in [0.25, 0.3) is 11.7 Å². The van der Waals surface area contributed by atoms with Crippen LogP contribution in [0, 0.1) is 5.92 Å². The molecule has 1 saturated heterocycles. The molecule has 0 saturated carbocycles. The van der Waals surface area contributed by atoms with Crippen LogP contribution in [0.3, 0.4) is 0 Å². The normalized spacial score (nSPS) is 21.4. The smallest absolute Gasteiger partial charge is 0.290 e. The lowest BCUT2D eigenvalue weighted by Crippen LogP contribution is -2.41. The molecular formula is C11H18N4O2. The van der Waals surface area contributed by atoms with Crippen LogP contribution in [0.5, 0.6) is 0 Å². The molecule has 1 aliphatic heterocycles. The van der Waals surface area contributed by atoms with Crippen molar-refractivity contribution in [3.05, 3.63) is 11.7 Å². The molecule has 0 radical (unpaired) electrons. The first-order valence-electron chi connectivity index (χ1n) is 5.86. The van der Waals surface area contributed by atoms with E-state index in [1.54, 1.807) is 0 Å². The van der Waals surface area contributed by atoms with Crippen molar-refractivity contribution >= 4 is 5.91 Å². The molecule has 0 bridgehead atoms. The highest BCUT2D eigenvalue weighted by Crippen LogP contribution is 2.34. The summed E-state index contributed by atoms with van der Waals surface area (Å²) in [6, 6.07) is 0. The minimum absolute atomic E-state index is 0.0446. The van der Waals surface area contributed by atoms with Gasteiger partial charge in [-0.15, -0.1) is 0 Å². The lowest BCUT2D eigenvalue weighted by molar-refractivity contribution is 0.0987. The van der Waals surface area contributed by atoms with Crippen molar-refractivity contribution in [3.8, 4) is 0 Å². The number of hydrogen-bond acceptors (Lipinski definition) is 5. The summed E-state index contributed by atoms with van der Waals surface area (Å²) in [6.07, 6.45) is 2.26. The molecule has 1 aliphatic rings. The second kappa shape index (κ2) is 4.44. The Morgan fingerprint density at radius 3 is 2.88 bits per heavy atom. The Hall–Kier alpha value is -1.43. The maximum absolute atomic E-state index is 10.9. The van der Waals surface area contributed by atoms with Crippen LogP contribution in [0.4, 0.5) is 0 Å². The van der Waals surface area contributed by atoms with E-state index in [1.807, 2.05) is 0 Å². The van der Waals surface area contributed by atoms with E-state index >= 15 is 0 Å². The molecule has 1 aromatic rings. The van der Waals surface area contributed by atoms with Crippen LogP contribution >= 0.6 is 0 Å². The van der Waals surface area contributed by atoms with Gasteiger partial charge in [0.05, 0.1) is 0 Å². The van der Waals surface area contributed by atoms with Crippen LogP contribution in [0.15, 0.2) is 4.52 Å². The Morgan fingerprint density at radius 2 is 2.35 bits per heavy atom. The van der Waals surface area contributed by atoms with Crippen molar-refractivity contribution in [3.63, 3.8) is 0 Å². The number of aromatic nitrogens is 2. The van der Waals surface area contributed by atoms with Crippen molar-refractivity contribution < 1.29 is 9.32 Å². The summed E-state index contributed by atoms with van der Waals surface area (Å²) < 4.78 is 5.15. The van der Waals surface area contributed by atoms with E-state index in [0.29, 0.717) is 11.8 Å². The number of piperidine rings is 1. The number of carbonyl (C=O) groups excluding carboxylic acids is 1. The first-order valence-corrected chi connectivity index (χ1v) is 5.86. The van der Waals surface area contributed by atoms with Gasteiger partial charge in [-0.05, 0) is 31.8 Å². The molecule has 6 nitrogen and oxygen atoms in total. The standard InChI is InChI=1S/C11H18N4O2/c1-11(2,7-4-3-5-13-6-7)10-14-9(8(12)16)15-17-10/h7,13H,3-6H2,1-2H3,(H2,12,16). The van der Waals surface area contributed by atoms with Gasteiger partial charge in [-0.1, -0.05) is 19.0 Å². The lowest BCUT2D eigenvalue weighted by atomic mass is 9.75. The number of nitrogens with one attached hydrogen (secondary N) is 1. The second-order valence-corrected chi connectivity index (χ2v) is 5.05. The van der Waals surface area contributed by atoms with Crippen LogP contribution in [0.2, 0.25) is 0 Å². The van der Waals surface area contributed by atoms with Gasteiger partial charge >= 0.3 is 0 Å². The Balaban J connectivity index is 2.20. The zero-order chi connectivity index (χ0) is 12.5. The molecule has 2 rings (SSSR count). The summed E-state index contributed by atoms with van der Waals surface area (Å²) in [5.74, 6) is 0.215. The van der Waals surface area contributed by atoms with Gasteiger partial charge in [-0.25, -0.2) is 0 Å². The Morgan fingerprint density at radius 1 is 1.59 bits per heavy atom. The first kappa shape index (κ1) is 12.0. The van der Waals surface area contributed by atoms with E-state index < -0.39 is 5.91 Å². The molecule has 17 heavy (non-hydrogen) atoms. The van der Waals surface area contributed by atoms with Crippen LogP contribution in [-0.2, 0) is 5.41 Å². The summed E-state index contributed by atoms with van der Waals surface area (Å²) in [6.45, 7) is 6.11. The zero-order valence-electron chi connectivity index (χ0n) is 10.2. The summed E-state index contributed by atoms with van der Waals surface area (Å²) in [7, 11) is 0. The third-order valence-electron chi connectivity index (χ3n) is 3.52. The second-order valence-electron chi connectivity index (χ2n) is 5.05. The van der Waals surface area contributed by atoms with Gasteiger partial charge < -0.3 is 15.6 Å². The third kappa shape index (κ3) is 2.31. The zero-order valence-corrected chi connectivity index (χ0v) is 10.2. The Labute approximate surface area is 99.9 Å². The third-order valence-corrected chi connectivity index (χ3v) is 3.52. The molecule has 1 aromatic heterocycles. The van der Waals surface area contributed by atoms with E-state index in [9.17, 15) is 4.79 Å². The fourth-order valence-electron chi connectivity index (χ4n) is 2.23. The minimum atomic E-state index is -0.655. The van der Waals surface area contributed by atoms with Crippen LogP contribution < -0.4 is 11.1 Å².